The molecule has 18 heavy (non-hydrogen) atoms. The molecule has 1 N–H and O–H groups in total. The molecule has 1 aromatic rings. The lowest BCUT2D eigenvalue weighted by atomic mass is 10.1. The first kappa shape index (κ1) is 12.0. The average molecular weight is 267 g/mol. The van der Waals surface area contributed by atoms with Gasteiger partial charge < -0.3 is 0 Å². The lowest BCUT2D eigenvalue weighted by Gasteiger charge is -2.26. The van der Waals surface area contributed by atoms with Crippen molar-refractivity contribution in [3.05, 3.63) is 26.4 Å². The number of piperidine rings is 1. The molecule has 0 radical (unpaired) electrons. The predicted molar refractivity (Wildman–Crippen MR) is 71.2 cm³/mol. The molecule has 0 saturated carbocycles. The Morgan fingerprint density at radius 2 is 1.89 bits per heavy atom. The van der Waals surface area contributed by atoms with Gasteiger partial charge in [0.15, 0.2) is 0 Å². The highest BCUT2D eigenvalue weighted by Gasteiger charge is 2.22. The van der Waals surface area contributed by atoms with Crippen molar-refractivity contribution in [2.45, 2.75) is 37.4 Å². The Kier molecular flexibility index (Phi) is 3.30. The lowest BCUT2D eigenvalue weighted by Crippen LogP contribution is -2.36. The van der Waals surface area contributed by atoms with E-state index in [1.807, 2.05) is 0 Å². The van der Waals surface area contributed by atoms with E-state index in [1.54, 1.807) is 16.3 Å². The number of nitrogens with one attached hydrogen (secondary N) is 1. The zero-order valence-corrected chi connectivity index (χ0v) is 11.1. The Hall–Kier alpha value is -1.01. The maximum absolute atomic E-state index is 12.0. The van der Waals surface area contributed by atoms with Crippen molar-refractivity contribution >= 4 is 11.8 Å². The highest BCUT2D eigenvalue weighted by molar-refractivity contribution is 7.99. The second kappa shape index (κ2) is 4.93. The van der Waals surface area contributed by atoms with E-state index in [4.69, 9.17) is 0 Å². The number of hydrogen-bond acceptors (Lipinski definition) is 4. The Morgan fingerprint density at radius 3 is 2.67 bits per heavy atom. The van der Waals surface area contributed by atoms with Gasteiger partial charge in [0.1, 0.15) is 0 Å². The fourth-order valence-corrected chi connectivity index (χ4v) is 3.80. The Morgan fingerprint density at radius 1 is 1.11 bits per heavy atom. The van der Waals surface area contributed by atoms with Crippen LogP contribution in [0, 0.1) is 0 Å². The van der Waals surface area contributed by atoms with Crippen LogP contribution in [0.25, 0.3) is 0 Å². The largest absolute Gasteiger partial charge is 0.329 e. The Balaban J connectivity index is 1.94. The maximum Gasteiger partial charge on any atom is 0.329 e. The second-order valence-electron chi connectivity index (χ2n) is 4.88. The Labute approximate surface area is 109 Å². The van der Waals surface area contributed by atoms with E-state index in [1.165, 1.54) is 19.3 Å². The summed E-state index contributed by atoms with van der Waals surface area (Å²) < 4.78 is 1.70. The van der Waals surface area contributed by atoms with Crippen LogP contribution in [0.2, 0.25) is 0 Å². The molecule has 3 heterocycles. The molecule has 0 unspecified atom stereocenters. The van der Waals surface area contributed by atoms with Gasteiger partial charge in [-0.25, -0.2) is 4.79 Å². The quantitative estimate of drug-likeness (QED) is 0.798. The molecule has 3 rings (SSSR count). The van der Waals surface area contributed by atoms with Crippen molar-refractivity contribution in [3.8, 4) is 0 Å². The van der Waals surface area contributed by atoms with Crippen LogP contribution in [0.4, 0.5) is 0 Å². The number of nitrogens with zero attached hydrogens (tertiary/aromatic N) is 2. The SMILES string of the molecule is O=c1[nH]c(=O)n2c(c1CN1CCCCC1)SCC2. The van der Waals surface area contributed by atoms with Gasteiger partial charge in [-0.1, -0.05) is 6.42 Å². The summed E-state index contributed by atoms with van der Waals surface area (Å²) >= 11 is 1.63. The van der Waals surface area contributed by atoms with Crippen LogP contribution in [0.5, 0.6) is 0 Å². The van der Waals surface area contributed by atoms with Crippen molar-refractivity contribution in [3.63, 3.8) is 0 Å². The number of H-pyrrole nitrogens is 1. The number of aromatic amines is 1. The lowest BCUT2D eigenvalue weighted by molar-refractivity contribution is 0.217. The standard InChI is InChI=1S/C12H17N3O2S/c16-10-9(8-14-4-2-1-3-5-14)11-15(6-7-18-11)12(17)13-10/h1-8H2,(H,13,16,17). The minimum atomic E-state index is -0.262. The van der Waals surface area contributed by atoms with Crippen molar-refractivity contribution in [2.75, 3.05) is 18.8 Å². The van der Waals surface area contributed by atoms with E-state index in [2.05, 4.69) is 9.88 Å². The highest BCUT2D eigenvalue weighted by atomic mass is 32.2. The molecule has 0 atom stereocenters. The van der Waals surface area contributed by atoms with Crippen LogP contribution in [0.1, 0.15) is 24.8 Å². The van der Waals surface area contributed by atoms with Gasteiger partial charge in [0, 0.05) is 18.8 Å². The molecule has 98 valence electrons. The zero-order chi connectivity index (χ0) is 12.5. The maximum atomic E-state index is 12.0. The van der Waals surface area contributed by atoms with Crippen LogP contribution >= 0.6 is 11.8 Å². The number of fused-ring (bicyclic) bond motifs is 1. The van der Waals surface area contributed by atoms with Gasteiger partial charge in [-0.05, 0) is 25.9 Å². The zero-order valence-electron chi connectivity index (χ0n) is 10.3. The molecular weight excluding hydrogens is 250 g/mol. The molecule has 2 aliphatic rings. The van der Waals surface area contributed by atoms with E-state index >= 15 is 0 Å². The molecule has 1 aromatic heterocycles. The van der Waals surface area contributed by atoms with Gasteiger partial charge >= 0.3 is 5.69 Å². The van der Waals surface area contributed by atoms with Gasteiger partial charge in [0.05, 0.1) is 10.6 Å². The topological polar surface area (TPSA) is 58.1 Å². The third kappa shape index (κ3) is 2.14. The van der Waals surface area contributed by atoms with Crippen molar-refractivity contribution in [1.29, 1.82) is 0 Å². The van der Waals surface area contributed by atoms with Crippen LogP contribution in [0.3, 0.4) is 0 Å². The fraction of sp³-hybridized carbons (Fsp3) is 0.667. The summed E-state index contributed by atoms with van der Waals surface area (Å²) in [6.45, 7) is 3.51. The molecule has 2 aliphatic heterocycles. The fourth-order valence-electron chi connectivity index (χ4n) is 2.67. The molecule has 1 saturated heterocycles. The first-order chi connectivity index (χ1) is 8.75. The minimum absolute atomic E-state index is 0.203. The number of aromatic nitrogens is 2. The summed E-state index contributed by atoms with van der Waals surface area (Å²) in [6.07, 6.45) is 3.70. The first-order valence-corrected chi connectivity index (χ1v) is 7.45. The number of thioether (sulfide) groups is 1. The number of likely N-dealkylation sites (tertiary alicyclic amines) is 1. The van der Waals surface area contributed by atoms with Gasteiger partial charge in [-0.2, -0.15) is 0 Å². The van der Waals surface area contributed by atoms with E-state index in [0.717, 1.165) is 29.4 Å². The predicted octanol–water partition coefficient (Wildman–Crippen LogP) is 0.628. The van der Waals surface area contributed by atoms with Crippen LogP contribution < -0.4 is 11.2 Å². The number of hydrogen-bond donors (Lipinski definition) is 1. The van der Waals surface area contributed by atoms with Gasteiger partial charge in [0.2, 0.25) is 0 Å². The van der Waals surface area contributed by atoms with Gasteiger partial charge in [0.25, 0.3) is 5.56 Å². The van der Waals surface area contributed by atoms with Crippen molar-refractivity contribution in [1.82, 2.24) is 14.5 Å². The summed E-state index contributed by atoms with van der Waals surface area (Å²) in [5.74, 6) is 0.888. The summed E-state index contributed by atoms with van der Waals surface area (Å²) in [6, 6.07) is 0. The summed E-state index contributed by atoms with van der Waals surface area (Å²) in [5.41, 5.74) is 0.313. The van der Waals surface area contributed by atoms with Crippen molar-refractivity contribution in [2.24, 2.45) is 0 Å². The molecule has 0 aromatic carbocycles. The van der Waals surface area contributed by atoms with E-state index in [9.17, 15) is 9.59 Å². The third-order valence-corrected chi connectivity index (χ3v) is 4.75. The first-order valence-electron chi connectivity index (χ1n) is 6.47. The average Bonchev–Trinajstić information content (AvgIpc) is 2.85. The molecule has 5 nitrogen and oxygen atoms in total. The molecule has 0 bridgehead atoms. The summed E-state index contributed by atoms with van der Waals surface area (Å²) in [5, 5.41) is 0.884. The molecule has 0 aliphatic carbocycles. The van der Waals surface area contributed by atoms with E-state index in [-0.39, 0.29) is 11.2 Å². The molecule has 0 spiro atoms. The Bertz CT molecular complexity index is 557. The molecule has 6 heteroatoms. The molecular formula is C12H17N3O2S. The summed E-state index contributed by atoms with van der Waals surface area (Å²) in [4.78, 5) is 28.4. The minimum Gasteiger partial charge on any atom is -0.299 e. The van der Waals surface area contributed by atoms with Gasteiger partial charge in [-0.15, -0.1) is 11.8 Å². The normalized spacial score (nSPS) is 20.0. The smallest absolute Gasteiger partial charge is 0.299 e. The monoisotopic (exact) mass is 267 g/mol. The highest BCUT2D eigenvalue weighted by Crippen LogP contribution is 2.26. The van der Waals surface area contributed by atoms with Crippen LogP contribution in [0.15, 0.2) is 14.6 Å². The van der Waals surface area contributed by atoms with Crippen LogP contribution in [-0.4, -0.2) is 33.3 Å². The van der Waals surface area contributed by atoms with Crippen LogP contribution in [-0.2, 0) is 13.1 Å². The van der Waals surface area contributed by atoms with E-state index < -0.39 is 0 Å². The van der Waals surface area contributed by atoms with E-state index in [0.29, 0.717) is 13.1 Å². The molecule has 0 amide bonds. The summed E-state index contributed by atoms with van der Waals surface area (Å²) in [7, 11) is 0. The third-order valence-electron chi connectivity index (χ3n) is 3.63. The molecule has 1 fully saturated rings. The van der Waals surface area contributed by atoms with Crippen molar-refractivity contribution < 1.29 is 0 Å². The number of rotatable bonds is 2. The second-order valence-corrected chi connectivity index (χ2v) is 5.96. The van der Waals surface area contributed by atoms with Gasteiger partial charge in [-0.3, -0.25) is 19.2 Å².